The van der Waals surface area contributed by atoms with Crippen molar-refractivity contribution >= 4 is 5.91 Å². The zero-order valence-corrected chi connectivity index (χ0v) is 14.3. The number of nitriles is 1. The summed E-state index contributed by atoms with van der Waals surface area (Å²) in [5, 5.41) is 9.61. The van der Waals surface area contributed by atoms with Gasteiger partial charge in [0.05, 0.1) is 5.92 Å². The Morgan fingerprint density at radius 3 is 2.68 bits per heavy atom. The molecule has 2 aromatic rings. The summed E-state index contributed by atoms with van der Waals surface area (Å²) in [5.74, 6) is -0.158. The van der Waals surface area contributed by atoms with E-state index in [1.165, 1.54) is 16.0 Å². The molecule has 4 rings (SSSR count). The highest BCUT2D eigenvalue weighted by Gasteiger charge is 2.49. The van der Waals surface area contributed by atoms with E-state index in [1.807, 2.05) is 43.3 Å². The van der Waals surface area contributed by atoms with Gasteiger partial charge in [0.25, 0.3) is 0 Å². The Bertz CT molecular complexity index is 892. The van der Waals surface area contributed by atoms with Crippen LogP contribution in [-0.2, 0) is 11.2 Å². The first-order valence-corrected chi connectivity index (χ1v) is 8.75. The molecule has 2 aromatic carbocycles. The summed E-state index contributed by atoms with van der Waals surface area (Å²) < 4.78 is 0. The van der Waals surface area contributed by atoms with E-state index in [0.29, 0.717) is 0 Å². The van der Waals surface area contributed by atoms with Gasteiger partial charge in [-0.05, 0) is 42.9 Å². The summed E-state index contributed by atoms with van der Waals surface area (Å²) in [6.45, 7) is 2.04. The molecule has 124 valence electrons. The summed E-state index contributed by atoms with van der Waals surface area (Å²) in [5.41, 5.74) is 5.61. The van der Waals surface area contributed by atoms with E-state index < -0.39 is 0 Å². The molecule has 3 heteroatoms. The largest absolute Gasteiger partial charge is 0.273 e. The van der Waals surface area contributed by atoms with Crippen LogP contribution >= 0.6 is 0 Å². The Hall–Kier alpha value is -2.86. The van der Waals surface area contributed by atoms with Crippen LogP contribution in [0.25, 0.3) is 0 Å². The highest BCUT2D eigenvalue weighted by Crippen LogP contribution is 2.50. The molecule has 1 heterocycles. The van der Waals surface area contributed by atoms with Gasteiger partial charge in [0.15, 0.2) is 6.19 Å². The molecule has 2 atom stereocenters. The predicted molar refractivity (Wildman–Crippen MR) is 96.3 cm³/mol. The Kier molecular flexibility index (Phi) is 3.89. The van der Waals surface area contributed by atoms with E-state index in [1.54, 1.807) is 0 Å². The van der Waals surface area contributed by atoms with Crippen molar-refractivity contribution in [2.45, 2.75) is 32.1 Å². The Labute approximate surface area is 148 Å². The topological polar surface area (TPSA) is 44.1 Å². The van der Waals surface area contributed by atoms with Gasteiger partial charge in [-0.3, -0.25) is 4.79 Å². The number of hydrogen-bond donors (Lipinski definition) is 0. The molecule has 3 nitrogen and oxygen atoms in total. The number of hydrogen-bond acceptors (Lipinski definition) is 2. The average Bonchev–Trinajstić information content (AvgIpc) is 3.13. The van der Waals surface area contributed by atoms with Gasteiger partial charge in [0, 0.05) is 11.6 Å². The van der Waals surface area contributed by atoms with Crippen molar-refractivity contribution in [2.75, 3.05) is 0 Å². The molecule has 0 radical (unpaired) electrons. The maximum absolute atomic E-state index is 12.9. The van der Waals surface area contributed by atoms with Gasteiger partial charge in [0.2, 0.25) is 5.91 Å². The van der Waals surface area contributed by atoms with E-state index in [0.717, 1.165) is 36.1 Å². The lowest BCUT2D eigenvalue weighted by molar-refractivity contribution is -0.126. The third kappa shape index (κ3) is 2.64. The van der Waals surface area contributed by atoms with Crippen LogP contribution in [0.15, 0.2) is 65.9 Å². The molecule has 1 saturated heterocycles. The fourth-order valence-electron chi connectivity index (χ4n) is 4.30. The third-order valence-corrected chi connectivity index (χ3v) is 5.36. The molecule has 25 heavy (non-hydrogen) atoms. The van der Waals surface area contributed by atoms with Crippen LogP contribution in [-0.4, -0.2) is 10.8 Å². The van der Waals surface area contributed by atoms with Crippen molar-refractivity contribution in [1.29, 1.82) is 5.26 Å². The molecule has 0 N–H and O–H groups in total. The monoisotopic (exact) mass is 328 g/mol. The van der Waals surface area contributed by atoms with Gasteiger partial charge in [-0.1, -0.05) is 60.2 Å². The van der Waals surface area contributed by atoms with Crippen molar-refractivity contribution in [2.24, 2.45) is 5.92 Å². The lowest BCUT2D eigenvalue weighted by atomic mass is 9.86. The number of fused-ring (bicyclic) bond motifs is 1. The van der Waals surface area contributed by atoms with E-state index in [2.05, 4.69) is 24.4 Å². The average molecular weight is 328 g/mol. The number of carbonyl (C=O) groups is 1. The molecular weight excluding hydrogens is 308 g/mol. The van der Waals surface area contributed by atoms with Gasteiger partial charge < -0.3 is 0 Å². The SMILES string of the molecule is Cc1cccc(C2C(=O)N(C#N)C3=C(Cc4ccccc4)CCC32)c1. The summed E-state index contributed by atoms with van der Waals surface area (Å²) >= 11 is 0. The van der Waals surface area contributed by atoms with Crippen molar-refractivity contribution < 1.29 is 4.79 Å². The second-order valence-corrected chi connectivity index (χ2v) is 6.96. The number of likely N-dealkylation sites (tertiary alicyclic amines) is 1. The standard InChI is InChI=1S/C22H20N2O/c1-15-6-5-9-17(12-15)20-19-11-10-18(13-16-7-3-2-4-8-16)21(19)24(14-23)22(20)25/h2-9,12,19-20H,10-11,13H2,1H3. The minimum absolute atomic E-state index is 0.0710. The number of benzene rings is 2. The molecule has 0 aromatic heterocycles. The number of amides is 1. The van der Waals surface area contributed by atoms with Crippen LogP contribution in [0.2, 0.25) is 0 Å². The van der Waals surface area contributed by atoms with Crippen LogP contribution in [0.1, 0.15) is 35.4 Å². The summed E-state index contributed by atoms with van der Waals surface area (Å²) in [4.78, 5) is 14.3. The summed E-state index contributed by atoms with van der Waals surface area (Å²) in [6.07, 6.45) is 4.86. The smallest absolute Gasteiger partial charge is 0.248 e. The van der Waals surface area contributed by atoms with Crippen LogP contribution in [0.5, 0.6) is 0 Å². The quantitative estimate of drug-likeness (QED) is 0.788. The maximum Gasteiger partial charge on any atom is 0.248 e. The van der Waals surface area contributed by atoms with Gasteiger partial charge >= 0.3 is 0 Å². The first-order chi connectivity index (χ1) is 12.2. The van der Waals surface area contributed by atoms with Crippen molar-refractivity contribution in [3.05, 3.63) is 82.6 Å². The molecule has 0 saturated carbocycles. The molecule has 1 aliphatic carbocycles. The molecule has 0 spiro atoms. The molecule has 0 bridgehead atoms. The number of rotatable bonds is 3. The third-order valence-electron chi connectivity index (χ3n) is 5.36. The normalized spacial score (nSPS) is 22.2. The highest BCUT2D eigenvalue weighted by atomic mass is 16.2. The lowest BCUT2D eigenvalue weighted by Gasteiger charge is -2.14. The summed E-state index contributed by atoms with van der Waals surface area (Å²) in [6, 6.07) is 18.4. The number of carbonyl (C=O) groups excluding carboxylic acids is 1. The molecular formula is C22H20N2O. The maximum atomic E-state index is 12.9. The first-order valence-electron chi connectivity index (χ1n) is 8.75. The lowest BCUT2D eigenvalue weighted by Crippen LogP contribution is -2.22. The van der Waals surface area contributed by atoms with Crippen LogP contribution in [0, 0.1) is 24.3 Å². The zero-order valence-electron chi connectivity index (χ0n) is 14.3. The second kappa shape index (κ2) is 6.22. The minimum Gasteiger partial charge on any atom is -0.273 e. The van der Waals surface area contributed by atoms with Gasteiger partial charge in [0.1, 0.15) is 0 Å². The molecule has 1 amide bonds. The summed E-state index contributed by atoms with van der Waals surface area (Å²) in [7, 11) is 0. The predicted octanol–water partition coefficient (Wildman–Crippen LogP) is 4.31. The highest BCUT2D eigenvalue weighted by molar-refractivity contribution is 5.91. The Morgan fingerprint density at radius 2 is 1.96 bits per heavy atom. The number of nitrogens with zero attached hydrogens (tertiary/aromatic N) is 2. The van der Waals surface area contributed by atoms with Gasteiger partial charge in [-0.25, -0.2) is 4.90 Å². The molecule has 1 aliphatic heterocycles. The van der Waals surface area contributed by atoms with Crippen molar-refractivity contribution in [3.8, 4) is 6.19 Å². The van der Waals surface area contributed by atoms with Gasteiger partial charge in [-0.2, -0.15) is 5.26 Å². The fraction of sp³-hybridized carbons (Fsp3) is 0.273. The van der Waals surface area contributed by atoms with Gasteiger partial charge in [-0.15, -0.1) is 0 Å². The minimum atomic E-state index is -0.220. The van der Waals surface area contributed by atoms with Crippen molar-refractivity contribution in [3.63, 3.8) is 0 Å². The zero-order chi connectivity index (χ0) is 17.4. The van der Waals surface area contributed by atoms with E-state index in [4.69, 9.17) is 0 Å². The van der Waals surface area contributed by atoms with E-state index >= 15 is 0 Å². The van der Waals surface area contributed by atoms with Crippen LogP contribution in [0.3, 0.4) is 0 Å². The van der Waals surface area contributed by atoms with Crippen LogP contribution < -0.4 is 0 Å². The fourth-order valence-corrected chi connectivity index (χ4v) is 4.30. The van der Waals surface area contributed by atoms with Crippen LogP contribution in [0.4, 0.5) is 0 Å². The van der Waals surface area contributed by atoms with Crippen molar-refractivity contribution in [1.82, 2.24) is 4.90 Å². The molecule has 2 aliphatic rings. The molecule has 1 fully saturated rings. The van der Waals surface area contributed by atoms with E-state index in [9.17, 15) is 10.1 Å². The number of aryl methyl sites for hydroxylation is 1. The second-order valence-electron chi connectivity index (χ2n) is 6.96. The Balaban J connectivity index is 1.74. The van der Waals surface area contributed by atoms with E-state index in [-0.39, 0.29) is 17.7 Å². The number of allylic oxidation sites excluding steroid dienone is 2. The Morgan fingerprint density at radius 1 is 1.16 bits per heavy atom. The molecule has 2 unspecified atom stereocenters. The first kappa shape index (κ1) is 15.7.